The minimum absolute atomic E-state index is 0.260. The molecule has 0 aromatic heterocycles. The van der Waals surface area contributed by atoms with E-state index in [0.717, 1.165) is 12.3 Å². The maximum Gasteiger partial charge on any atom is 0.0445 e. The second-order valence-corrected chi connectivity index (χ2v) is 5.71. The van der Waals surface area contributed by atoms with Gasteiger partial charge in [0.1, 0.15) is 0 Å². The van der Waals surface area contributed by atoms with E-state index in [0.29, 0.717) is 17.3 Å². The number of carboxylic acids is 1. The molecule has 0 N–H and O–H groups in total. The second kappa shape index (κ2) is 2.98. The molecule has 4 atom stereocenters. The van der Waals surface area contributed by atoms with Gasteiger partial charge in [0.05, 0.1) is 0 Å². The molecule has 14 heavy (non-hydrogen) atoms. The Hall–Kier alpha value is -0.530. The van der Waals surface area contributed by atoms with Crippen LogP contribution in [0.4, 0.5) is 0 Å². The fraction of sp³-hybridized carbons (Fsp3) is 0.917. The van der Waals surface area contributed by atoms with Gasteiger partial charge in [-0.05, 0) is 48.3 Å². The summed E-state index contributed by atoms with van der Waals surface area (Å²) in [7, 11) is 0. The number of carbonyl (C=O) groups is 1. The molecule has 2 aliphatic carbocycles. The molecule has 0 heterocycles. The predicted octanol–water partition coefficient (Wildman–Crippen LogP) is 1.44. The average molecular weight is 195 g/mol. The largest absolute Gasteiger partial charge is 0.550 e. The Balaban J connectivity index is 2.16. The van der Waals surface area contributed by atoms with Crippen molar-refractivity contribution in [1.29, 1.82) is 0 Å². The number of hydrogen-bond acceptors (Lipinski definition) is 2. The van der Waals surface area contributed by atoms with Gasteiger partial charge in [0, 0.05) is 5.97 Å². The highest BCUT2D eigenvalue weighted by molar-refractivity contribution is 5.67. The van der Waals surface area contributed by atoms with Gasteiger partial charge < -0.3 is 9.90 Å². The van der Waals surface area contributed by atoms with Crippen molar-refractivity contribution in [1.82, 2.24) is 0 Å². The summed E-state index contributed by atoms with van der Waals surface area (Å²) in [4.78, 5) is 10.9. The van der Waals surface area contributed by atoms with Crippen molar-refractivity contribution < 1.29 is 9.90 Å². The molecule has 2 saturated carbocycles. The van der Waals surface area contributed by atoms with Crippen LogP contribution in [-0.2, 0) is 4.79 Å². The van der Waals surface area contributed by atoms with E-state index in [2.05, 4.69) is 13.8 Å². The maximum atomic E-state index is 10.9. The number of aliphatic carboxylic acids is 1. The van der Waals surface area contributed by atoms with Gasteiger partial charge in [-0.3, -0.25) is 0 Å². The molecule has 0 aromatic rings. The fourth-order valence-electron chi connectivity index (χ4n) is 3.84. The molecule has 0 aromatic carbocycles. The van der Waals surface area contributed by atoms with Crippen molar-refractivity contribution in [3.05, 3.63) is 0 Å². The third-order valence-corrected chi connectivity index (χ3v) is 4.92. The maximum absolute atomic E-state index is 10.9. The van der Waals surface area contributed by atoms with Crippen LogP contribution in [0.3, 0.4) is 0 Å². The van der Waals surface area contributed by atoms with Crippen LogP contribution < -0.4 is 5.11 Å². The van der Waals surface area contributed by atoms with Crippen molar-refractivity contribution >= 4 is 5.97 Å². The van der Waals surface area contributed by atoms with Gasteiger partial charge in [-0.25, -0.2) is 0 Å². The molecule has 2 heteroatoms. The van der Waals surface area contributed by atoms with Gasteiger partial charge in [0.15, 0.2) is 0 Å². The average Bonchev–Trinajstić information content (AvgIpc) is 2.53. The predicted molar refractivity (Wildman–Crippen MR) is 52.3 cm³/mol. The van der Waals surface area contributed by atoms with Crippen molar-refractivity contribution in [3.63, 3.8) is 0 Å². The molecular weight excluding hydrogens is 176 g/mol. The van der Waals surface area contributed by atoms with Gasteiger partial charge in [-0.15, -0.1) is 0 Å². The summed E-state index contributed by atoms with van der Waals surface area (Å²) in [6, 6.07) is 0. The molecule has 0 spiro atoms. The third-order valence-electron chi connectivity index (χ3n) is 4.92. The highest BCUT2D eigenvalue weighted by Crippen LogP contribution is 2.61. The first-order chi connectivity index (χ1) is 6.44. The van der Waals surface area contributed by atoms with E-state index >= 15 is 0 Å². The summed E-state index contributed by atoms with van der Waals surface area (Å²) in [5.74, 6) is 0.608. The number of hydrogen-bond donors (Lipinski definition) is 0. The fourth-order valence-corrected chi connectivity index (χ4v) is 3.84. The van der Waals surface area contributed by atoms with Crippen molar-refractivity contribution in [2.24, 2.45) is 29.1 Å². The minimum atomic E-state index is -0.863. The zero-order valence-electron chi connectivity index (χ0n) is 9.25. The molecule has 0 radical (unpaired) electrons. The van der Waals surface area contributed by atoms with E-state index in [1.807, 2.05) is 6.92 Å². The first-order valence-corrected chi connectivity index (χ1v) is 5.65. The number of carbonyl (C=O) groups excluding carboxylic acids is 1. The molecule has 80 valence electrons. The molecule has 2 aliphatic rings. The van der Waals surface area contributed by atoms with Crippen LogP contribution in [0.1, 0.15) is 40.0 Å². The minimum Gasteiger partial charge on any atom is -0.550 e. The van der Waals surface area contributed by atoms with Gasteiger partial charge in [0.25, 0.3) is 0 Å². The number of carboxylic acid groups (broad SMARTS) is 1. The van der Waals surface area contributed by atoms with E-state index < -0.39 is 5.97 Å². The van der Waals surface area contributed by atoms with Crippen molar-refractivity contribution in [2.45, 2.75) is 40.0 Å². The Bertz CT molecular complexity index is 257. The SMILES string of the molecule is CC(C(=O)[O-])C1CC2CCC1C2(C)C. The normalized spacial score (nSPS) is 41.2. The highest BCUT2D eigenvalue weighted by Gasteiger charge is 2.54. The van der Waals surface area contributed by atoms with E-state index in [9.17, 15) is 9.90 Å². The third kappa shape index (κ3) is 1.19. The van der Waals surface area contributed by atoms with Crippen LogP contribution in [-0.4, -0.2) is 5.97 Å². The lowest BCUT2D eigenvalue weighted by Gasteiger charge is -2.31. The smallest absolute Gasteiger partial charge is 0.0445 e. The second-order valence-electron chi connectivity index (χ2n) is 5.71. The summed E-state index contributed by atoms with van der Waals surface area (Å²) in [6.45, 7) is 6.42. The lowest BCUT2D eigenvalue weighted by atomic mass is 9.76. The van der Waals surface area contributed by atoms with Crippen LogP contribution in [0.25, 0.3) is 0 Å². The molecule has 2 nitrogen and oxygen atoms in total. The highest BCUT2D eigenvalue weighted by atomic mass is 16.4. The summed E-state index contributed by atoms with van der Waals surface area (Å²) in [5.41, 5.74) is 0.369. The van der Waals surface area contributed by atoms with Crippen LogP contribution in [0.15, 0.2) is 0 Å². The van der Waals surface area contributed by atoms with Crippen LogP contribution in [0.2, 0.25) is 0 Å². The zero-order valence-corrected chi connectivity index (χ0v) is 9.25. The summed E-state index contributed by atoms with van der Waals surface area (Å²) in [5, 5.41) is 10.9. The molecule has 2 bridgehead atoms. The topological polar surface area (TPSA) is 40.1 Å². The van der Waals surface area contributed by atoms with E-state index in [1.54, 1.807) is 0 Å². The Morgan fingerprint density at radius 1 is 1.43 bits per heavy atom. The van der Waals surface area contributed by atoms with Gasteiger partial charge in [-0.2, -0.15) is 0 Å². The zero-order chi connectivity index (χ0) is 10.5. The van der Waals surface area contributed by atoms with Gasteiger partial charge >= 0.3 is 0 Å². The molecule has 0 aliphatic heterocycles. The van der Waals surface area contributed by atoms with Crippen LogP contribution >= 0.6 is 0 Å². The Morgan fingerprint density at radius 3 is 2.43 bits per heavy atom. The van der Waals surface area contributed by atoms with Crippen molar-refractivity contribution in [3.8, 4) is 0 Å². The summed E-state index contributed by atoms with van der Waals surface area (Å²) < 4.78 is 0. The Labute approximate surface area is 85.7 Å². The van der Waals surface area contributed by atoms with E-state index in [4.69, 9.17) is 0 Å². The van der Waals surface area contributed by atoms with E-state index in [-0.39, 0.29) is 5.92 Å². The first-order valence-electron chi connectivity index (χ1n) is 5.65. The van der Waals surface area contributed by atoms with Gasteiger partial charge in [-0.1, -0.05) is 20.8 Å². The summed E-state index contributed by atoms with van der Waals surface area (Å²) >= 11 is 0. The quantitative estimate of drug-likeness (QED) is 0.669. The molecule has 0 amide bonds. The van der Waals surface area contributed by atoms with Crippen LogP contribution in [0, 0.1) is 29.1 Å². The van der Waals surface area contributed by atoms with Crippen molar-refractivity contribution in [2.75, 3.05) is 0 Å². The number of fused-ring (bicyclic) bond motifs is 2. The standard InChI is InChI=1S/C12H20O2/c1-7(11(13)14)9-6-8-4-5-10(9)12(8,2)3/h7-10H,4-6H2,1-3H3,(H,13,14)/p-1. The lowest BCUT2D eigenvalue weighted by molar-refractivity contribution is -0.313. The monoisotopic (exact) mass is 195 g/mol. The number of rotatable bonds is 2. The molecule has 2 rings (SSSR count). The van der Waals surface area contributed by atoms with E-state index in [1.165, 1.54) is 12.8 Å². The molecule has 4 unspecified atom stereocenters. The molecule has 2 fully saturated rings. The first kappa shape index (κ1) is 10.0. The molecular formula is C12H19O2-. The Kier molecular flexibility index (Phi) is 2.13. The Morgan fingerprint density at radius 2 is 2.07 bits per heavy atom. The summed E-state index contributed by atoms with van der Waals surface area (Å²) in [6.07, 6.45) is 3.63. The lowest BCUT2D eigenvalue weighted by Crippen LogP contribution is -2.36. The molecule has 0 saturated heterocycles. The van der Waals surface area contributed by atoms with Gasteiger partial charge in [0.2, 0.25) is 0 Å². The van der Waals surface area contributed by atoms with Crippen LogP contribution in [0.5, 0.6) is 0 Å².